The number of hydrogen-bond acceptors (Lipinski definition) is 2. The molecule has 0 fully saturated rings. The van der Waals surface area contributed by atoms with Gasteiger partial charge in [-0.3, -0.25) is 0 Å². The zero-order valence-corrected chi connectivity index (χ0v) is 17.7. The summed E-state index contributed by atoms with van der Waals surface area (Å²) >= 11 is 0. The second-order valence-corrected chi connectivity index (χ2v) is 8.27. The van der Waals surface area contributed by atoms with E-state index < -0.39 is 0 Å². The highest BCUT2D eigenvalue weighted by atomic mass is 15.1. The molecule has 29 heavy (non-hydrogen) atoms. The molecule has 3 aromatic carbocycles. The number of fused-ring (bicyclic) bond motifs is 2. The third-order valence-electron chi connectivity index (χ3n) is 5.67. The van der Waals surface area contributed by atoms with E-state index >= 15 is 0 Å². The summed E-state index contributed by atoms with van der Waals surface area (Å²) < 4.78 is 0. The van der Waals surface area contributed by atoms with E-state index in [9.17, 15) is 0 Å². The van der Waals surface area contributed by atoms with Gasteiger partial charge in [-0.1, -0.05) is 85.8 Å². The normalized spacial score (nSPS) is 15.7. The van der Waals surface area contributed by atoms with Crippen LogP contribution in [0.2, 0.25) is 0 Å². The van der Waals surface area contributed by atoms with Gasteiger partial charge in [0.2, 0.25) is 0 Å². The van der Waals surface area contributed by atoms with Crippen molar-refractivity contribution in [2.24, 2.45) is 5.92 Å². The van der Waals surface area contributed by atoms with Crippen molar-refractivity contribution >= 4 is 11.3 Å². The first-order valence-electron chi connectivity index (χ1n) is 10.4. The van der Waals surface area contributed by atoms with Crippen molar-refractivity contribution in [3.63, 3.8) is 0 Å². The molecule has 0 saturated heterocycles. The fraction of sp³-hybridized carbons (Fsp3) is 0.259. The average Bonchev–Trinajstić information content (AvgIpc) is 2.84. The van der Waals surface area contributed by atoms with Crippen LogP contribution in [0.15, 0.2) is 84.9 Å². The molecule has 1 aliphatic heterocycles. The largest absolute Gasteiger partial charge is 0.370 e. The van der Waals surface area contributed by atoms with E-state index in [0.29, 0.717) is 5.92 Å². The highest BCUT2D eigenvalue weighted by Crippen LogP contribution is 2.38. The average molecular weight is 383 g/mol. The molecule has 0 amide bonds. The van der Waals surface area contributed by atoms with Gasteiger partial charge in [0.1, 0.15) is 0 Å². The van der Waals surface area contributed by atoms with E-state index in [0.717, 1.165) is 19.6 Å². The van der Waals surface area contributed by atoms with E-state index in [1.54, 1.807) is 0 Å². The minimum absolute atomic E-state index is 0.447. The van der Waals surface area contributed by atoms with Crippen molar-refractivity contribution in [1.29, 1.82) is 0 Å². The van der Waals surface area contributed by atoms with E-state index in [1.165, 1.54) is 33.5 Å². The highest BCUT2D eigenvalue weighted by Gasteiger charge is 2.21. The smallest absolute Gasteiger partial charge is 0.0446 e. The van der Waals surface area contributed by atoms with Crippen molar-refractivity contribution in [2.75, 3.05) is 25.5 Å². The summed E-state index contributed by atoms with van der Waals surface area (Å²) in [5, 5.41) is 0. The molecule has 1 atom stereocenters. The molecule has 0 radical (unpaired) electrons. The van der Waals surface area contributed by atoms with Crippen LogP contribution in [0, 0.1) is 5.92 Å². The Balaban J connectivity index is 1.64. The fourth-order valence-corrected chi connectivity index (χ4v) is 4.41. The van der Waals surface area contributed by atoms with Crippen molar-refractivity contribution in [3.8, 4) is 0 Å². The first kappa shape index (κ1) is 19.5. The summed E-state index contributed by atoms with van der Waals surface area (Å²) in [6.45, 7) is 5.27. The molecule has 0 saturated carbocycles. The Labute approximate surface area is 175 Å². The van der Waals surface area contributed by atoms with Crippen LogP contribution in [-0.2, 0) is 13.1 Å². The second kappa shape index (κ2) is 8.67. The molecule has 4 rings (SSSR count). The van der Waals surface area contributed by atoms with E-state index in [4.69, 9.17) is 0 Å². The number of hydrogen-bond donors (Lipinski definition) is 0. The second-order valence-electron chi connectivity index (χ2n) is 8.27. The predicted molar refractivity (Wildman–Crippen MR) is 124 cm³/mol. The number of nitrogens with zero attached hydrogens (tertiary/aromatic N) is 2. The van der Waals surface area contributed by atoms with Gasteiger partial charge in [-0.05, 0) is 41.3 Å². The number of rotatable bonds is 5. The zero-order chi connectivity index (χ0) is 20.2. The molecule has 148 valence electrons. The third kappa shape index (κ3) is 4.44. The number of benzene rings is 3. The van der Waals surface area contributed by atoms with Crippen LogP contribution in [0.4, 0.5) is 5.69 Å². The van der Waals surface area contributed by atoms with Gasteiger partial charge in [0.15, 0.2) is 0 Å². The Hall–Kier alpha value is -2.84. The Morgan fingerprint density at radius 1 is 0.897 bits per heavy atom. The van der Waals surface area contributed by atoms with E-state index in [-0.39, 0.29) is 0 Å². The summed E-state index contributed by atoms with van der Waals surface area (Å²) in [4.78, 5) is 4.78. The van der Waals surface area contributed by atoms with Crippen molar-refractivity contribution in [1.82, 2.24) is 4.90 Å². The molecule has 0 aliphatic carbocycles. The minimum Gasteiger partial charge on any atom is -0.370 e. The van der Waals surface area contributed by atoms with Gasteiger partial charge < -0.3 is 9.80 Å². The molecular weight excluding hydrogens is 352 g/mol. The van der Waals surface area contributed by atoms with Crippen molar-refractivity contribution in [3.05, 3.63) is 107 Å². The van der Waals surface area contributed by atoms with Crippen LogP contribution < -0.4 is 4.90 Å². The zero-order valence-electron chi connectivity index (χ0n) is 17.7. The molecule has 2 heteroatoms. The van der Waals surface area contributed by atoms with Gasteiger partial charge in [0.05, 0.1) is 0 Å². The third-order valence-corrected chi connectivity index (χ3v) is 5.67. The lowest BCUT2D eigenvalue weighted by molar-refractivity contribution is 0.300. The van der Waals surface area contributed by atoms with E-state index in [2.05, 4.69) is 116 Å². The van der Waals surface area contributed by atoms with Gasteiger partial charge >= 0.3 is 0 Å². The van der Waals surface area contributed by atoms with E-state index in [1.807, 2.05) is 0 Å². The highest BCUT2D eigenvalue weighted by molar-refractivity contribution is 5.89. The molecule has 1 unspecified atom stereocenters. The van der Waals surface area contributed by atoms with Crippen molar-refractivity contribution in [2.45, 2.75) is 20.0 Å². The maximum Gasteiger partial charge on any atom is 0.0446 e. The predicted octanol–water partition coefficient (Wildman–Crippen LogP) is 5.84. The summed E-state index contributed by atoms with van der Waals surface area (Å²) in [7, 11) is 4.40. The molecule has 0 bridgehead atoms. The topological polar surface area (TPSA) is 6.48 Å². The van der Waals surface area contributed by atoms with Gasteiger partial charge in [0, 0.05) is 37.9 Å². The SMILES string of the molecule is CC(/C=C1/c2ccccc2CN(C)c2ccccc21)CN(C)Cc1ccccc1. The summed E-state index contributed by atoms with van der Waals surface area (Å²) in [5.41, 5.74) is 8.12. The van der Waals surface area contributed by atoms with Crippen LogP contribution in [0.3, 0.4) is 0 Å². The first-order valence-corrected chi connectivity index (χ1v) is 10.4. The van der Waals surface area contributed by atoms with Crippen LogP contribution in [0.5, 0.6) is 0 Å². The van der Waals surface area contributed by atoms with Gasteiger partial charge in [-0.2, -0.15) is 0 Å². The van der Waals surface area contributed by atoms with Gasteiger partial charge in [-0.15, -0.1) is 0 Å². The van der Waals surface area contributed by atoms with Crippen LogP contribution in [0.25, 0.3) is 5.57 Å². The summed E-state index contributed by atoms with van der Waals surface area (Å²) in [6, 6.07) is 28.4. The Morgan fingerprint density at radius 2 is 1.55 bits per heavy atom. The monoisotopic (exact) mass is 382 g/mol. The number of anilines is 1. The lowest BCUT2D eigenvalue weighted by Gasteiger charge is -2.21. The lowest BCUT2D eigenvalue weighted by atomic mass is 9.91. The van der Waals surface area contributed by atoms with Crippen molar-refractivity contribution < 1.29 is 0 Å². The maximum absolute atomic E-state index is 2.47. The molecule has 3 aromatic rings. The lowest BCUT2D eigenvalue weighted by Crippen LogP contribution is -2.23. The van der Waals surface area contributed by atoms with Crippen LogP contribution in [-0.4, -0.2) is 25.5 Å². The Bertz CT molecular complexity index is 990. The molecule has 1 heterocycles. The Kier molecular flexibility index (Phi) is 5.82. The maximum atomic E-state index is 2.47. The molecular formula is C27H30N2. The van der Waals surface area contributed by atoms with Gasteiger partial charge in [0.25, 0.3) is 0 Å². The van der Waals surface area contributed by atoms with Gasteiger partial charge in [-0.25, -0.2) is 0 Å². The summed E-state index contributed by atoms with van der Waals surface area (Å²) in [6.07, 6.45) is 2.47. The van der Waals surface area contributed by atoms with Crippen LogP contribution >= 0.6 is 0 Å². The first-order chi connectivity index (χ1) is 14.1. The standard InChI is InChI=1S/C27H30N2/c1-21(18-28(2)19-22-11-5-4-6-12-22)17-26-24-14-8-7-13-23(24)20-29(3)27-16-10-9-15-25(26)27/h4-17,21H,18-20H2,1-3H3/b26-17-. The van der Waals surface area contributed by atoms with Crippen LogP contribution in [0.1, 0.15) is 29.2 Å². The Morgan fingerprint density at radius 3 is 2.34 bits per heavy atom. The molecule has 2 nitrogen and oxygen atoms in total. The molecule has 1 aliphatic rings. The molecule has 0 spiro atoms. The fourth-order valence-electron chi connectivity index (χ4n) is 4.41. The summed E-state index contributed by atoms with van der Waals surface area (Å²) in [5.74, 6) is 0.447. The quantitative estimate of drug-likeness (QED) is 0.547. The number of para-hydroxylation sites is 1. The molecule has 0 N–H and O–H groups in total. The minimum atomic E-state index is 0.447. The molecule has 0 aromatic heterocycles.